The van der Waals surface area contributed by atoms with Crippen molar-refractivity contribution in [3.8, 4) is 6.07 Å². The zero-order chi connectivity index (χ0) is 11.5. The lowest BCUT2D eigenvalue weighted by Crippen LogP contribution is -2.22. The molecule has 0 aromatic heterocycles. The molecule has 1 aromatic rings. The molecule has 1 aromatic carbocycles. The largest absolute Gasteiger partial charge is 0.298 e. The van der Waals surface area contributed by atoms with E-state index in [4.69, 9.17) is 28.5 Å². The first-order valence-electron chi connectivity index (χ1n) is 5.28. The summed E-state index contributed by atoms with van der Waals surface area (Å²) in [7, 11) is 0. The van der Waals surface area contributed by atoms with E-state index >= 15 is 0 Å². The van der Waals surface area contributed by atoms with Crippen molar-refractivity contribution in [3.05, 3.63) is 33.8 Å². The maximum atomic E-state index is 9.10. The third-order valence-electron chi connectivity index (χ3n) is 2.65. The van der Waals surface area contributed by atoms with Crippen molar-refractivity contribution < 1.29 is 0 Å². The van der Waals surface area contributed by atoms with Crippen LogP contribution in [0, 0.1) is 17.2 Å². The molecule has 1 aliphatic rings. The highest BCUT2D eigenvalue weighted by molar-refractivity contribution is 6.34. The van der Waals surface area contributed by atoms with Gasteiger partial charge in [-0.2, -0.15) is 5.26 Å². The van der Waals surface area contributed by atoms with E-state index in [0.29, 0.717) is 10.0 Å². The first-order valence-corrected chi connectivity index (χ1v) is 6.03. The van der Waals surface area contributed by atoms with Crippen molar-refractivity contribution in [2.24, 2.45) is 5.92 Å². The van der Waals surface area contributed by atoms with Crippen molar-refractivity contribution in [1.82, 2.24) is 5.32 Å². The Kier molecular flexibility index (Phi) is 3.70. The van der Waals surface area contributed by atoms with Gasteiger partial charge in [-0.15, -0.1) is 0 Å². The van der Waals surface area contributed by atoms with Gasteiger partial charge in [-0.3, -0.25) is 5.32 Å². The van der Waals surface area contributed by atoms with E-state index in [-0.39, 0.29) is 6.04 Å². The number of benzene rings is 1. The van der Waals surface area contributed by atoms with E-state index in [0.717, 1.165) is 18.0 Å². The van der Waals surface area contributed by atoms with Gasteiger partial charge in [0.05, 0.1) is 6.07 Å². The quantitative estimate of drug-likeness (QED) is 0.892. The van der Waals surface area contributed by atoms with Crippen LogP contribution in [-0.2, 0) is 0 Å². The molecule has 2 rings (SSSR count). The maximum absolute atomic E-state index is 9.10. The van der Waals surface area contributed by atoms with Crippen molar-refractivity contribution >= 4 is 23.2 Å². The molecule has 1 unspecified atom stereocenters. The molecule has 1 aliphatic carbocycles. The predicted octanol–water partition coefficient (Wildman–Crippen LogP) is 3.56. The lowest BCUT2D eigenvalue weighted by molar-refractivity contribution is 0.593. The minimum absolute atomic E-state index is 0.322. The third-order valence-corrected chi connectivity index (χ3v) is 3.09. The molecule has 0 radical (unpaired) electrons. The molecule has 0 aliphatic heterocycles. The Morgan fingerprint density at radius 1 is 1.31 bits per heavy atom. The fraction of sp³-hybridized carbons (Fsp3) is 0.417. The number of nitrogens with one attached hydrogen (secondary N) is 1. The van der Waals surface area contributed by atoms with Crippen molar-refractivity contribution in [3.63, 3.8) is 0 Å². The van der Waals surface area contributed by atoms with E-state index in [1.54, 1.807) is 18.2 Å². The van der Waals surface area contributed by atoms with Gasteiger partial charge in [0.25, 0.3) is 0 Å². The normalized spacial score (nSPS) is 16.8. The molecule has 1 fully saturated rings. The highest BCUT2D eigenvalue weighted by atomic mass is 35.5. The Morgan fingerprint density at radius 3 is 2.44 bits per heavy atom. The van der Waals surface area contributed by atoms with Crippen LogP contribution in [0.4, 0.5) is 0 Å². The fourth-order valence-corrected chi connectivity index (χ4v) is 2.13. The van der Waals surface area contributed by atoms with Gasteiger partial charge >= 0.3 is 0 Å². The minimum atomic E-state index is -0.322. The standard InChI is InChI=1S/C12H12Cl2N2/c13-10-3-9(4-11(14)5-10)12(6-15)16-7-8-1-2-8/h3-5,8,12,16H,1-2,7H2. The number of nitrogens with zero attached hydrogens (tertiary/aromatic N) is 1. The Balaban J connectivity index is 2.08. The number of hydrogen-bond acceptors (Lipinski definition) is 2. The average Bonchev–Trinajstić information content (AvgIpc) is 3.01. The van der Waals surface area contributed by atoms with Gasteiger partial charge in [0.2, 0.25) is 0 Å². The summed E-state index contributed by atoms with van der Waals surface area (Å²) in [5.74, 6) is 0.741. The van der Waals surface area contributed by atoms with Crippen molar-refractivity contribution in [2.45, 2.75) is 18.9 Å². The zero-order valence-electron chi connectivity index (χ0n) is 8.71. The molecule has 0 spiro atoms. The summed E-state index contributed by atoms with van der Waals surface area (Å²) in [5.41, 5.74) is 0.834. The van der Waals surface area contributed by atoms with E-state index in [9.17, 15) is 0 Å². The number of halogens is 2. The van der Waals surface area contributed by atoms with Gasteiger partial charge in [0.1, 0.15) is 6.04 Å². The van der Waals surface area contributed by atoms with E-state index in [2.05, 4.69) is 11.4 Å². The Hall–Kier alpha value is -0.750. The topological polar surface area (TPSA) is 35.8 Å². The van der Waals surface area contributed by atoms with Gasteiger partial charge in [0, 0.05) is 10.0 Å². The molecular formula is C12H12Cl2N2. The number of hydrogen-bond donors (Lipinski definition) is 1. The van der Waals surface area contributed by atoms with Crippen LogP contribution in [0.25, 0.3) is 0 Å². The van der Waals surface area contributed by atoms with E-state index in [1.165, 1.54) is 12.8 Å². The van der Waals surface area contributed by atoms with Crippen molar-refractivity contribution in [1.29, 1.82) is 5.26 Å². The van der Waals surface area contributed by atoms with Crippen LogP contribution in [0.5, 0.6) is 0 Å². The lowest BCUT2D eigenvalue weighted by Gasteiger charge is -2.12. The second kappa shape index (κ2) is 5.05. The highest BCUT2D eigenvalue weighted by Crippen LogP contribution is 2.29. The first kappa shape index (κ1) is 11.7. The van der Waals surface area contributed by atoms with Crippen LogP contribution in [-0.4, -0.2) is 6.54 Å². The third kappa shape index (κ3) is 3.12. The summed E-state index contributed by atoms with van der Waals surface area (Å²) in [6.45, 7) is 0.891. The summed E-state index contributed by atoms with van der Waals surface area (Å²) in [4.78, 5) is 0. The molecular weight excluding hydrogens is 243 g/mol. The number of nitriles is 1. The molecule has 0 amide bonds. The van der Waals surface area contributed by atoms with Gasteiger partial charge in [-0.25, -0.2) is 0 Å². The second-order valence-corrected chi connectivity index (χ2v) is 4.99. The van der Waals surface area contributed by atoms with Gasteiger partial charge in [0.15, 0.2) is 0 Å². The minimum Gasteiger partial charge on any atom is -0.298 e. The van der Waals surface area contributed by atoms with Gasteiger partial charge in [-0.05, 0) is 49.1 Å². The lowest BCUT2D eigenvalue weighted by atomic mass is 10.1. The average molecular weight is 255 g/mol. The van der Waals surface area contributed by atoms with Crippen LogP contribution < -0.4 is 5.32 Å². The van der Waals surface area contributed by atoms with Gasteiger partial charge in [-0.1, -0.05) is 23.2 Å². The molecule has 2 nitrogen and oxygen atoms in total. The molecule has 1 N–H and O–H groups in total. The fourth-order valence-electron chi connectivity index (χ4n) is 1.59. The van der Waals surface area contributed by atoms with Gasteiger partial charge < -0.3 is 0 Å². The van der Waals surface area contributed by atoms with E-state index in [1.807, 2.05) is 0 Å². The van der Waals surface area contributed by atoms with Crippen LogP contribution in [0.15, 0.2) is 18.2 Å². The first-order chi connectivity index (χ1) is 7.69. The second-order valence-electron chi connectivity index (χ2n) is 4.12. The Labute approximate surface area is 105 Å². The molecule has 0 saturated heterocycles. The molecule has 0 heterocycles. The SMILES string of the molecule is N#CC(NCC1CC1)c1cc(Cl)cc(Cl)c1. The molecule has 1 saturated carbocycles. The Bertz CT molecular complexity index is 401. The predicted molar refractivity (Wildman–Crippen MR) is 65.5 cm³/mol. The van der Waals surface area contributed by atoms with Crippen molar-refractivity contribution in [2.75, 3.05) is 6.54 Å². The molecule has 0 bridgehead atoms. The van der Waals surface area contributed by atoms with E-state index < -0.39 is 0 Å². The zero-order valence-corrected chi connectivity index (χ0v) is 10.2. The monoisotopic (exact) mass is 254 g/mol. The summed E-state index contributed by atoms with van der Waals surface area (Å²) in [5, 5.41) is 13.5. The molecule has 16 heavy (non-hydrogen) atoms. The van der Waals surface area contributed by atoms with Crippen LogP contribution in [0.1, 0.15) is 24.4 Å². The molecule has 4 heteroatoms. The Morgan fingerprint density at radius 2 is 1.94 bits per heavy atom. The summed E-state index contributed by atoms with van der Waals surface area (Å²) >= 11 is 11.8. The summed E-state index contributed by atoms with van der Waals surface area (Å²) in [6, 6.07) is 7.13. The van der Waals surface area contributed by atoms with Crippen LogP contribution in [0.2, 0.25) is 10.0 Å². The number of rotatable bonds is 4. The smallest absolute Gasteiger partial charge is 0.121 e. The molecule has 1 atom stereocenters. The van der Waals surface area contributed by atoms with Crippen LogP contribution in [0.3, 0.4) is 0 Å². The van der Waals surface area contributed by atoms with Crippen LogP contribution >= 0.6 is 23.2 Å². The highest BCUT2D eigenvalue weighted by Gasteiger charge is 2.22. The summed E-state index contributed by atoms with van der Waals surface area (Å²) < 4.78 is 0. The maximum Gasteiger partial charge on any atom is 0.121 e. The summed E-state index contributed by atoms with van der Waals surface area (Å²) in [6.07, 6.45) is 2.53. The molecule has 84 valence electrons.